The number of aliphatic hydroxyl groups excluding tert-OH is 1. The Balaban J connectivity index is 2.13. The predicted octanol–water partition coefficient (Wildman–Crippen LogP) is 2.43. The van der Waals surface area contributed by atoms with Crippen molar-refractivity contribution in [2.75, 3.05) is 13.2 Å². The van der Waals surface area contributed by atoms with Crippen LogP contribution in [-0.4, -0.2) is 85.1 Å². The van der Waals surface area contributed by atoms with Gasteiger partial charge < -0.3 is 24.7 Å². The number of alkyl halides is 1. The summed E-state index contributed by atoms with van der Waals surface area (Å²) in [7, 11) is 0. The van der Waals surface area contributed by atoms with Gasteiger partial charge in [0.2, 0.25) is 11.8 Å². The number of amides is 2. The first-order valence-electron chi connectivity index (χ1n) is 11.5. The summed E-state index contributed by atoms with van der Waals surface area (Å²) >= 11 is 3.54. The first kappa shape index (κ1) is 26.2. The quantitative estimate of drug-likeness (QED) is 0.370. The van der Waals surface area contributed by atoms with Crippen molar-refractivity contribution in [1.29, 1.82) is 0 Å². The number of carboxylic acid groups (broad SMARTS) is 1. The molecule has 9 heteroatoms. The van der Waals surface area contributed by atoms with E-state index in [0.29, 0.717) is 12.8 Å². The van der Waals surface area contributed by atoms with Crippen LogP contribution in [0.15, 0.2) is 12.7 Å². The lowest BCUT2D eigenvalue weighted by molar-refractivity contribution is -0.156. The van der Waals surface area contributed by atoms with Crippen molar-refractivity contribution < 1.29 is 29.3 Å². The number of hydrogen-bond donors (Lipinski definition) is 2. The SMILES string of the molecule is C=CCN(C(=O)C1N([C@H](C)CO)C(=O)[C@@H]2[C@@H](C(=O)O)[C@@H]3OC12CC3Br)C(C)(C)CC(C)(C)C. The topological polar surface area (TPSA) is 107 Å². The Morgan fingerprint density at radius 3 is 2.45 bits per heavy atom. The number of nitrogens with zero attached hydrogens (tertiary/aromatic N) is 2. The molecular formula is C24H37BrN2O6. The van der Waals surface area contributed by atoms with E-state index in [1.165, 1.54) is 4.90 Å². The lowest BCUT2D eigenvalue weighted by Crippen LogP contribution is -2.62. The third kappa shape index (κ3) is 4.14. The van der Waals surface area contributed by atoms with Crippen LogP contribution in [-0.2, 0) is 19.1 Å². The van der Waals surface area contributed by atoms with Gasteiger partial charge in [-0.05, 0) is 39.0 Å². The molecule has 186 valence electrons. The molecule has 0 aromatic carbocycles. The molecular weight excluding hydrogens is 492 g/mol. The summed E-state index contributed by atoms with van der Waals surface area (Å²) in [5.74, 6) is -3.85. The minimum atomic E-state index is -1.25. The molecule has 3 fully saturated rings. The second-order valence-corrected chi connectivity index (χ2v) is 12.7. The number of carbonyl (C=O) groups is 3. The first-order chi connectivity index (χ1) is 15.1. The van der Waals surface area contributed by atoms with Crippen molar-refractivity contribution in [2.45, 2.75) is 88.5 Å². The molecule has 3 aliphatic rings. The maximum atomic E-state index is 14.3. The highest BCUT2D eigenvalue weighted by Crippen LogP contribution is 2.60. The molecule has 8 nitrogen and oxygen atoms in total. The fraction of sp³-hybridized carbons (Fsp3) is 0.792. The van der Waals surface area contributed by atoms with Crippen LogP contribution in [0.4, 0.5) is 0 Å². The van der Waals surface area contributed by atoms with Crippen LogP contribution in [0.25, 0.3) is 0 Å². The normalized spacial score (nSPS) is 34.4. The van der Waals surface area contributed by atoms with Crippen LogP contribution in [0, 0.1) is 17.3 Å². The highest BCUT2D eigenvalue weighted by molar-refractivity contribution is 9.09. The Morgan fingerprint density at radius 2 is 1.97 bits per heavy atom. The molecule has 2 N–H and O–H groups in total. The van der Waals surface area contributed by atoms with E-state index in [2.05, 4.69) is 43.3 Å². The van der Waals surface area contributed by atoms with Crippen LogP contribution < -0.4 is 0 Å². The second-order valence-electron chi connectivity index (χ2n) is 11.6. The van der Waals surface area contributed by atoms with Gasteiger partial charge in [-0.25, -0.2) is 0 Å². The van der Waals surface area contributed by atoms with E-state index in [1.54, 1.807) is 17.9 Å². The Bertz CT molecular complexity index is 839. The van der Waals surface area contributed by atoms with Gasteiger partial charge in [0.25, 0.3) is 0 Å². The van der Waals surface area contributed by atoms with E-state index in [1.807, 2.05) is 13.8 Å². The molecule has 2 bridgehead atoms. The highest BCUT2D eigenvalue weighted by atomic mass is 79.9. The number of fused-ring (bicyclic) bond motifs is 1. The summed E-state index contributed by atoms with van der Waals surface area (Å²) in [6, 6.07) is -1.68. The van der Waals surface area contributed by atoms with Crippen molar-refractivity contribution in [3.8, 4) is 0 Å². The smallest absolute Gasteiger partial charge is 0.310 e. The molecule has 0 saturated carbocycles. The van der Waals surface area contributed by atoms with Gasteiger partial charge in [0.1, 0.15) is 11.6 Å². The van der Waals surface area contributed by atoms with E-state index in [4.69, 9.17) is 4.74 Å². The summed E-state index contributed by atoms with van der Waals surface area (Å²) in [6.45, 7) is 15.7. The Hall–Kier alpha value is -1.45. The van der Waals surface area contributed by atoms with Crippen molar-refractivity contribution in [3.63, 3.8) is 0 Å². The van der Waals surface area contributed by atoms with Gasteiger partial charge in [-0.2, -0.15) is 0 Å². The maximum Gasteiger partial charge on any atom is 0.310 e. The average Bonchev–Trinajstić information content (AvgIpc) is 3.26. The van der Waals surface area contributed by atoms with Gasteiger partial charge in [0.05, 0.1) is 30.6 Å². The van der Waals surface area contributed by atoms with Crippen LogP contribution in [0.5, 0.6) is 0 Å². The number of halogens is 1. The van der Waals surface area contributed by atoms with E-state index in [9.17, 15) is 24.6 Å². The molecule has 0 radical (unpaired) electrons. The van der Waals surface area contributed by atoms with Gasteiger partial charge in [-0.3, -0.25) is 14.4 Å². The number of ether oxygens (including phenoxy) is 1. The largest absolute Gasteiger partial charge is 0.481 e. The van der Waals surface area contributed by atoms with Crippen LogP contribution >= 0.6 is 15.9 Å². The van der Waals surface area contributed by atoms with Crippen LogP contribution in [0.1, 0.15) is 54.4 Å². The van der Waals surface area contributed by atoms with Gasteiger partial charge in [0.15, 0.2) is 0 Å². The third-order valence-corrected chi connectivity index (χ3v) is 8.10. The zero-order chi connectivity index (χ0) is 25.1. The number of aliphatic carboxylic acids is 1. The van der Waals surface area contributed by atoms with E-state index in [-0.39, 0.29) is 29.3 Å². The fourth-order valence-electron chi connectivity index (χ4n) is 6.50. The second kappa shape index (κ2) is 8.64. The lowest BCUT2D eigenvalue weighted by Gasteiger charge is -2.46. The average molecular weight is 529 g/mol. The predicted molar refractivity (Wildman–Crippen MR) is 127 cm³/mol. The number of carboxylic acids is 1. The van der Waals surface area contributed by atoms with Crippen LogP contribution in [0.2, 0.25) is 0 Å². The van der Waals surface area contributed by atoms with Gasteiger partial charge in [-0.1, -0.05) is 42.8 Å². The zero-order valence-electron chi connectivity index (χ0n) is 20.4. The standard InChI is InChI=1S/C24H37BrN2O6/c1-8-9-26(23(6,7)12-22(3,4)5)20(30)18-24-10-14(25)17(33-24)15(21(31)32)16(24)19(29)27(18)13(2)11-28/h8,13-18,28H,1,9-12H2,2-7H3,(H,31,32)/t13-,14?,15-,16+,17-,18?,24?/m1/s1. The molecule has 33 heavy (non-hydrogen) atoms. The maximum absolute atomic E-state index is 14.3. The lowest BCUT2D eigenvalue weighted by atomic mass is 9.70. The molecule has 0 aromatic heterocycles. The van der Waals surface area contributed by atoms with Gasteiger partial charge in [-0.15, -0.1) is 6.58 Å². The molecule has 0 aromatic rings. The summed E-state index contributed by atoms with van der Waals surface area (Å²) in [5.41, 5.74) is -1.88. The molecule has 3 aliphatic heterocycles. The van der Waals surface area contributed by atoms with Crippen molar-refractivity contribution in [1.82, 2.24) is 9.80 Å². The van der Waals surface area contributed by atoms with E-state index < -0.39 is 53.0 Å². The van der Waals surface area contributed by atoms with Crippen molar-refractivity contribution in [2.24, 2.45) is 17.3 Å². The molecule has 3 saturated heterocycles. The van der Waals surface area contributed by atoms with E-state index >= 15 is 0 Å². The molecule has 3 heterocycles. The summed E-state index contributed by atoms with van der Waals surface area (Å²) in [4.78, 5) is 42.9. The minimum Gasteiger partial charge on any atom is -0.481 e. The molecule has 2 amide bonds. The van der Waals surface area contributed by atoms with Crippen LogP contribution in [0.3, 0.4) is 0 Å². The Morgan fingerprint density at radius 1 is 1.36 bits per heavy atom. The minimum absolute atomic E-state index is 0.0642. The van der Waals surface area contributed by atoms with E-state index in [0.717, 1.165) is 0 Å². The Kier molecular flexibility index (Phi) is 6.85. The summed E-state index contributed by atoms with van der Waals surface area (Å²) in [5, 5.41) is 19.9. The van der Waals surface area contributed by atoms with Crippen molar-refractivity contribution in [3.05, 3.63) is 12.7 Å². The first-order valence-corrected chi connectivity index (χ1v) is 12.4. The number of likely N-dealkylation sites (tertiary alicyclic amines) is 1. The van der Waals surface area contributed by atoms with Gasteiger partial charge in [0, 0.05) is 16.9 Å². The molecule has 1 spiro atoms. The molecule has 0 aliphatic carbocycles. The zero-order valence-corrected chi connectivity index (χ0v) is 22.0. The Labute approximate surface area is 204 Å². The summed E-state index contributed by atoms with van der Waals surface area (Å²) < 4.78 is 6.30. The number of hydrogen-bond acceptors (Lipinski definition) is 5. The number of aliphatic hydroxyl groups is 1. The molecule has 7 atom stereocenters. The molecule has 3 unspecified atom stereocenters. The molecule has 3 rings (SSSR count). The van der Waals surface area contributed by atoms with Gasteiger partial charge >= 0.3 is 5.97 Å². The fourth-order valence-corrected chi connectivity index (χ4v) is 7.44. The summed E-state index contributed by atoms with van der Waals surface area (Å²) in [6.07, 6.45) is 2.03. The third-order valence-electron chi connectivity index (χ3n) is 7.26. The monoisotopic (exact) mass is 528 g/mol. The highest BCUT2D eigenvalue weighted by Gasteiger charge is 2.77. The number of rotatable bonds is 8. The van der Waals surface area contributed by atoms with Crippen molar-refractivity contribution >= 4 is 33.7 Å². The number of carbonyl (C=O) groups excluding carboxylic acids is 2.